The van der Waals surface area contributed by atoms with Crippen molar-refractivity contribution in [1.29, 1.82) is 0 Å². The van der Waals surface area contributed by atoms with E-state index in [1.165, 1.54) is 6.20 Å². The summed E-state index contributed by atoms with van der Waals surface area (Å²) in [6, 6.07) is 0.391. The molecule has 0 spiro atoms. The number of hydrogen-bond donors (Lipinski definition) is 1. The van der Waals surface area contributed by atoms with Crippen LogP contribution in [0.25, 0.3) is 0 Å². The van der Waals surface area contributed by atoms with E-state index in [-0.39, 0.29) is 12.3 Å². The molecule has 0 amide bonds. The second-order valence-corrected chi connectivity index (χ2v) is 5.10. The lowest BCUT2D eigenvalue weighted by atomic mass is 10.2. The Hall–Kier alpha value is -1.21. The van der Waals surface area contributed by atoms with Gasteiger partial charge in [0.1, 0.15) is 12.0 Å². The highest BCUT2D eigenvalue weighted by Crippen LogP contribution is 2.37. The molecule has 2 rings (SSSR count). The molecule has 6 nitrogen and oxygen atoms in total. The van der Waals surface area contributed by atoms with Gasteiger partial charge in [0.25, 0.3) is 5.69 Å². The van der Waals surface area contributed by atoms with E-state index in [1.807, 2.05) is 4.90 Å². The van der Waals surface area contributed by atoms with Crippen molar-refractivity contribution < 1.29 is 10.0 Å². The number of hydrogen-bond acceptors (Lipinski definition) is 5. The third-order valence-electron chi connectivity index (χ3n) is 3.02. The lowest BCUT2D eigenvalue weighted by Gasteiger charge is -2.24. The lowest BCUT2D eigenvalue weighted by molar-refractivity contribution is -0.385. The summed E-state index contributed by atoms with van der Waals surface area (Å²) in [4.78, 5) is 16.5. The highest BCUT2D eigenvalue weighted by Gasteiger charge is 2.32. The van der Waals surface area contributed by atoms with Crippen molar-refractivity contribution >= 4 is 27.4 Å². The topological polar surface area (TPSA) is 79.5 Å². The molecule has 18 heavy (non-hydrogen) atoms. The van der Waals surface area contributed by atoms with Crippen LogP contribution in [0.1, 0.15) is 18.4 Å². The molecule has 1 fully saturated rings. The maximum absolute atomic E-state index is 10.8. The Morgan fingerprint density at radius 2 is 2.33 bits per heavy atom. The van der Waals surface area contributed by atoms with Crippen LogP contribution in [0.2, 0.25) is 0 Å². The van der Waals surface area contributed by atoms with E-state index < -0.39 is 4.92 Å². The number of rotatable bonds is 5. The van der Waals surface area contributed by atoms with Gasteiger partial charge in [-0.1, -0.05) is 0 Å². The lowest BCUT2D eigenvalue weighted by Crippen LogP contribution is -2.30. The van der Waals surface area contributed by atoms with Gasteiger partial charge in [-0.05, 0) is 35.7 Å². The molecule has 1 heterocycles. The molecule has 0 aromatic carbocycles. The van der Waals surface area contributed by atoms with Crippen molar-refractivity contribution in [2.24, 2.45) is 0 Å². The normalized spacial score (nSPS) is 14.6. The van der Waals surface area contributed by atoms with E-state index in [2.05, 4.69) is 20.9 Å². The molecule has 1 aliphatic rings. The molecule has 1 aromatic heterocycles. The average molecular weight is 316 g/mol. The number of aliphatic hydroxyl groups excluding tert-OH is 1. The van der Waals surface area contributed by atoms with Crippen LogP contribution < -0.4 is 4.90 Å². The first-order chi connectivity index (χ1) is 8.56. The first-order valence-corrected chi connectivity index (χ1v) is 6.52. The molecule has 1 N–H and O–H groups in total. The average Bonchev–Trinajstić information content (AvgIpc) is 3.14. The Morgan fingerprint density at radius 3 is 2.83 bits per heavy atom. The summed E-state index contributed by atoms with van der Waals surface area (Å²) in [5.41, 5.74) is 0.568. The van der Waals surface area contributed by atoms with Crippen molar-refractivity contribution in [1.82, 2.24) is 4.98 Å². The molecule has 0 atom stereocenters. The van der Waals surface area contributed by atoms with Crippen LogP contribution in [0.4, 0.5) is 11.5 Å². The maximum atomic E-state index is 10.8. The summed E-state index contributed by atoms with van der Waals surface area (Å²) >= 11 is 3.38. The van der Waals surface area contributed by atoms with Crippen LogP contribution in [0.5, 0.6) is 0 Å². The Balaban J connectivity index is 2.38. The minimum absolute atomic E-state index is 0.00497. The van der Waals surface area contributed by atoms with Crippen LogP contribution >= 0.6 is 15.9 Å². The second kappa shape index (κ2) is 5.19. The molecule has 1 aromatic rings. The van der Waals surface area contributed by atoms with Gasteiger partial charge in [-0.3, -0.25) is 10.1 Å². The minimum Gasteiger partial charge on any atom is -0.395 e. The minimum atomic E-state index is -0.440. The van der Waals surface area contributed by atoms with Crippen LogP contribution in [0.15, 0.2) is 10.7 Å². The predicted molar refractivity (Wildman–Crippen MR) is 70.8 cm³/mol. The van der Waals surface area contributed by atoms with Crippen molar-refractivity contribution in [3.05, 3.63) is 26.3 Å². The van der Waals surface area contributed by atoms with Crippen molar-refractivity contribution in [3.8, 4) is 0 Å². The van der Waals surface area contributed by atoms with Crippen LogP contribution in [-0.4, -0.2) is 34.2 Å². The molecule has 0 bridgehead atoms. The summed E-state index contributed by atoms with van der Waals surface area (Å²) in [7, 11) is 0. The molecular weight excluding hydrogens is 302 g/mol. The second-order valence-electron chi connectivity index (χ2n) is 4.31. The summed E-state index contributed by atoms with van der Waals surface area (Å²) in [6.07, 6.45) is 3.43. The van der Waals surface area contributed by atoms with Gasteiger partial charge in [-0.2, -0.15) is 0 Å². The fourth-order valence-electron chi connectivity index (χ4n) is 1.90. The van der Waals surface area contributed by atoms with Gasteiger partial charge in [-0.15, -0.1) is 0 Å². The highest BCUT2D eigenvalue weighted by atomic mass is 79.9. The van der Waals surface area contributed by atoms with Crippen molar-refractivity contribution in [2.75, 3.05) is 18.1 Å². The van der Waals surface area contributed by atoms with E-state index >= 15 is 0 Å². The monoisotopic (exact) mass is 315 g/mol. The number of halogens is 1. The molecule has 7 heteroatoms. The fraction of sp³-hybridized carbons (Fsp3) is 0.545. The van der Waals surface area contributed by atoms with E-state index in [1.54, 1.807) is 6.92 Å². The van der Waals surface area contributed by atoms with Gasteiger partial charge in [-0.25, -0.2) is 4.98 Å². The molecule has 0 saturated heterocycles. The van der Waals surface area contributed by atoms with Gasteiger partial charge in [0.2, 0.25) is 0 Å². The SMILES string of the molecule is Cc1c([N+](=O)[O-])cnc(N(CCO)C2CC2)c1Br. The number of anilines is 1. The van der Waals surface area contributed by atoms with Gasteiger partial charge in [0, 0.05) is 18.2 Å². The molecular formula is C11H14BrN3O3. The van der Waals surface area contributed by atoms with E-state index in [4.69, 9.17) is 5.11 Å². The van der Waals surface area contributed by atoms with Crippen LogP contribution in [0, 0.1) is 17.0 Å². The van der Waals surface area contributed by atoms with E-state index in [9.17, 15) is 10.1 Å². The third kappa shape index (κ3) is 2.46. The standard InChI is InChI=1S/C11H14BrN3O3/c1-7-9(15(17)18)6-13-11(10(7)12)14(4-5-16)8-2-3-8/h6,8,16H,2-5H2,1H3. The molecule has 0 aliphatic heterocycles. The fourth-order valence-corrected chi connectivity index (χ4v) is 2.43. The number of aromatic nitrogens is 1. The number of nitro groups is 1. The summed E-state index contributed by atoms with van der Waals surface area (Å²) in [5.74, 6) is 0.676. The van der Waals surface area contributed by atoms with Gasteiger partial charge in [0.15, 0.2) is 0 Å². The summed E-state index contributed by atoms with van der Waals surface area (Å²) in [6.45, 7) is 2.23. The molecule has 1 aliphatic carbocycles. The quantitative estimate of drug-likeness (QED) is 0.664. The zero-order valence-electron chi connectivity index (χ0n) is 9.97. The molecule has 1 saturated carbocycles. The number of nitrogens with zero attached hydrogens (tertiary/aromatic N) is 3. The van der Waals surface area contributed by atoms with E-state index in [0.717, 1.165) is 12.8 Å². The Kier molecular flexibility index (Phi) is 3.82. The van der Waals surface area contributed by atoms with Crippen molar-refractivity contribution in [2.45, 2.75) is 25.8 Å². The van der Waals surface area contributed by atoms with Gasteiger partial charge in [0.05, 0.1) is 16.0 Å². The zero-order chi connectivity index (χ0) is 13.3. The Labute approximate surface area is 113 Å². The highest BCUT2D eigenvalue weighted by molar-refractivity contribution is 9.10. The Bertz CT molecular complexity index is 477. The zero-order valence-corrected chi connectivity index (χ0v) is 11.6. The molecule has 0 radical (unpaired) electrons. The summed E-state index contributed by atoms with van der Waals surface area (Å²) < 4.78 is 0.636. The third-order valence-corrected chi connectivity index (χ3v) is 3.97. The maximum Gasteiger partial charge on any atom is 0.291 e. The molecule has 98 valence electrons. The molecule has 0 unspecified atom stereocenters. The number of pyridine rings is 1. The Morgan fingerprint density at radius 1 is 1.67 bits per heavy atom. The van der Waals surface area contributed by atoms with Crippen LogP contribution in [-0.2, 0) is 0 Å². The van der Waals surface area contributed by atoms with Crippen LogP contribution in [0.3, 0.4) is 0 Å². The first kappa shape index (κ1) is 13.2. The largest absolute Gasteiger partial charge is 0.395 e. The number of aliphatic hydroxyl groups is 1. The summed E-state index contributed by atoms with van der Waals surface area (Å²) in [5, 5.41) is 19.9. The van der Waals surface area contributed by atoms with E-state index in [0.29, 0.717) is 28.4 Å². The smallest absolute Gasteiger partial charge is 0.291 e. The first-order valence-electron chi connectivity index (χ1n) is 5.73. The van der Waals surface area contributed by atoms with Gasteiger partial charge >= 0.3 is 0 Å². The van der Waals surface area contributed by atoms with Crippen molar-refractivity contribution in [3.63, 3.8) is 0 Å². The van der Waals surface area contributed by atoms with Gasteiger partial charge < -0.3 is 10.0 Å². The predicted octanol–water partition coefficient (Wildman–Crippen LogP) is 2.02.